The van der Waals surface area contributed by atoms with Gasteiger partial charge >= 0.3 is 5.97 Å². The number of rotatable bonds is 5. The highest BCUT2D eigenvalue weighted by Crippen LogP contribution is 2.96. The van der Waals surface area contributed by atoms with E-state index >= 15 is 0 Å². The average Bonchev–Trinajstić information content (AvgIpc) is 2.94. The van der Waals surface area contributed by atoms with Crippen LogP contribution in [0.25, 0.3) is 0 Å². The molecule has 1 aromatic rings. The lowest BCUT2D eigenvalue weighted by atomic mass is 9.61. The zero-order valence-corrected chi connectivity index (χ0v) is 18.8. The lowest BCUT2D eigenvalue weighted by Gasteiger charge is -2.49. The molecule has 1 spiro atoms. The Kier molecular flexibility index (Phi) is 3.84. The fraction of sp³-hybridized carbons (Fsp3) is 0.720. The Morgan fingerprint density at radius 3 is 2.68 bits per heavy atom. The van der Waals surface area contributed by atoms with Gasteiger partial charge in [0.1, 0.15) is 11.0 Å². The summed E-state index contributed by atoms with van der Waals surface area (Å²) in [6, 6.07) is 8.11. The van der Waals surface area contributed by atoms with Gasteiger partial charge in [0.15, 0.2) is 5.79 Å². The lowest BCUT2D eigenvalue weighted by molar-refractivity contribution is -0.198. The number of ether oxygens (including phenoxy) is 4. The molecule has 1 N–H and O–H groups in total. The minimum atomic E-state index is -1.13. The molecule has 1 heterocycles. The van der Waals surface area contributed by atoms with Gasteiger partial charge in [-0.3, -0.25) is 4.79 Å². The smallest absolute Gasteiger partial charge is 0.316 e. The van der Waals surface area contributed by atoms with Crippen molar-refractivity contribution in [2.45, 2.75) is 70.1 Å². The third-order valence-electron chi connectivity index (χ3n) is 9.17. The van der Waals surface area contributed by atoms with Gasteiger partial charge < -0.3 is 24.1 Å². The molecule has 5 aliphatic carbocycles. The molecular weight excluding hydrogens is 396 g/mol. The summed E-state index contributed by atoms with van der Waals surface area (Å²) in [6.45, 7) is 8.82. The number of carbonyl (C=O) groups excluding carboxylic acids is 1. The quantitative estimate of drug-likeness (QED) is 0.727. The Balaban J connectivity index is 1.60. The second-order valence-corrected chi connectivity index (χ2v) is 10.3. The standard InChI is InChI=1S/C25H32O6/c1-5-28-20(26)24-19(18-14-30-21(3,4)31-18)17-11-12-23(24,29-6-2)22(24)13-15-9-7-8-10-16(15)25(17,22)27/h7-10,17-19,27H,5-6,11-14H2,1-4H3/t17-,18+,19-,22-,23+,24-,25+/m0/s1. The number of hydrogen-bond donors (Lipinski definition) is 1. The van der Waals surface area contributed by atoms with Crippen LogP contribution in [0.4, 0.5) is 0 Å². The molecule has 6 nitrogen and oxygen atoms in total. The highest BCUT2D eigenvalue weighted by atomic mass is 16.7. The zero-order valence-electron chi connectivity index (χ0n) is 18.8. The molecule has 7 rings (SSSR count). The number of esters is 1. The van der Waals surface area contributed by atoms with Crippen molar-refractivity contribution in [2.75, 3.05) is 19.8 Å². The van der Waals surface area contributed by atoms with Crippen molar-refractivity contribution in [3.05, 3.63) is 35.4 Å². The maximum Gasteiger partial charge on any atom is 0.316 e. The molecule has 5 fully saturated rings. The third kappa shape index (κ3) is 1.84. The topological polar surface area (TPSA) is 74.2 Å². The molecule has 31 heavy (non-hydrogen) atoms. The Hall–Kier alpha value is -1.47. The van der Waals surface area contributed by atoms with E-state index in [0.29, 0.717) is 26.2 Å². The van der Waals surface area contributed by atoms with Crippen molar-refractivity contribution in [1.82, 2.24) is 0 Å². The first kappa shape index (κ1) is 20.2. The van der Waals surface area contributed by atoms with Gasteiger partial charge in [-0.25, -0.2) is 0 Å². The third-order valence-corrected chi connectivity index (χ3v) is 9.17. The van der Waals surface area contributed by atoms with Crippen LogP contribution in [0.5, 0.6) is 0 Å². The molecule has 6 aliphatic rings. The maximum atomic E-state index is 13.9. The van der Waals surface area contributed by atoms with Crippen LogP contribution in [-0.4, -0.2) is 48.4 Å². The van der Waals surface area contributed by atoms with Gasteiger partial charge in [0.05, 0.1) is 30.3 Å². The van der Waals surface area contributed by atoms with Gasteiger partial charge in [-0.1, -0.05) is 24.3 Å². The number of carbonyl (C=O) groups is 1. The maximum absolute atomic E-state index is 13.9. The number of hydrogen-bond acceptors (Lipinski definition) is 6. The van der Waals surface area contributed by atoms with Crippen LogP contribution in [-0.2, 0) is 35.8 Å². The van der Waals surface area contributed by atoms with E-state index in [9.17, 15) is 9.90 Å². The van der Waals surface area contributed by atoms with Gasteiger partial charge in [-0.15, -0.1) is 0 Å². The monoisotopic (exact) mass is 428 g/mol. The summed E-state index contributed by atoms with van der Waals surface area (Å²) < 4.78 is 24.6. The lowest BCUT2D eigenvalue weighted by Crippen LogP contribution is -2.55. The molecule has 1 aliphatic heterocycles. The van der Waals surface area contributed by atoms with Crippen molar-refractivity contribution in [1.29, 1.82) is 0 Å². The molecule has 168 valence electrons. The van der Waals surface area contributed by atoms with Crippen molar-refractivity contribution in [2.24, 2.45) is 22.7 Å². The molecule has 4 bridgehead atoms. The van der Waals surface area contributed by atoms with E-state index < -0.39 is 27.8 Å². The summed E-state index contributed by atoms with van der Waals surface area (Å²) in [5.41, 5.74) is -1.46. The first-order valence-electron chi connectivity index (χ1n) is 11.7. The average molecular weight is 429 g/mol. The van der Waals surface area contributed by atoms with E-state index in [1.54, 1.807) is 0 Å². The number of aliphatic hydroxyl groups is 1. The van der Waals surface area contributed by atoms with Crippen LogP contribution in [0.2, 0.25) is 0 Å². The molecule has 7 atom stereocenters. The summed E-state index contributed by atoms with van der Waals surface area (Å²) in [5.74, 6) is -1.27. The second kappa shape index (κ2) is 5.90. The van der Waals surface area contributed by atoms with Crippen molar-refractivity contribution >= 4 is 5.97 Å². The van der Waals surface area contributed by atoms with Gasteiger partial charge in [0, 0.05) is 12.5 Å². The summed E-state index contributed by atoms with van der Waals surface area (Å²) in [4.78, 5) is 13.9. The second-order valence-electron chi connectivity index (χ2n) is 10.3. The van der Waals surface area contributed by atoms with Gasteiger partial charge in [-0.2, -0.15) is 0 Å². The Bertz CT molecular complexity index is 955. The Morgan fingerprint density at radius 1 is 1.23 bits per heavy atom. The van der Waals surface area contributed by atoms with Crippen LogP contribution in [0.1, 0.15) is 51.7 Å². The predicted octanol–water partition coefficient (Wildman–Crippen LogP) is 2.95. The first-order valence-corrected chi connectivity index (χ1v) is 11.7. The summed E-state index contributed by atoms with van der Waals surface area (Å²) in [6.07, 6.45) is 1.89. The van der Waals surface area contributed by atoms with Gasteiger partial charge in [0.25, 0.3) is 0 Å². The van der Waals surface area contributed by atoms with E-state index in [0.717, 1.165) is 24.0 Å². The fourth-order valence-corrected chi connectivity index (χ4v) is 8.78. The predicted molar refractivity (Wildman–Crippen MR) is 111 cm³/mol. The largest absolute Gasteiger partial charge is 0.465 e. The van der Waals surface area contributed by atoms with Crippen LogP contribution in [0, 0.1) is 22.7 Å². The number of fused-ring (bicyclic) bond motifs is 2. The van der Waals surface area contributed by atoms with E-state index in [1.165, 1.54) is 0 Å². The molecule has 0 radical (unpaired) electrons. The zero-order chi connectivity index (χ0) is 21.9. The van der Waals surface area contributed by atoms with E-state index in [1.807, 2.05) is 45.9 Å². The highest BCUT2D eigenvalue weighted by Gasteiger charge is 3.06. The molecular formula is C25H32O6. The molecule has 0 unspecified atom stereocenters. The van der Waals surface area contributed by atoms with Crippen molar-refractivity contribution in [3.8, 4) is 0 Å². The van der Waals surface area contributed by atoms with Crippen LogP contribution >= 0.6 is 0 Å². The van der Waals surface area contributed by atoms with Crippen molar-refractivity contribution in [3.63, 3.8) is 0 Å². The molecule has 0 aromatic heterocycles. The molecule has 1 saturated heterocycles. The van der Waals surface area contributed by atoms with Gasteiger partial charge in [0.2, 0.25) is 0 Å². The van der Waals surface area contributed by atoms with E-state index in [4.69, 9.17) is 18.9 Å². The van der Waals surface area contributed by atoms with E-state index in [-0.39, 0.29) is 23.9 Å². The molecule has 1 aromatic carbocycles. The van der Waals surface area contributed by atoms with Gasteiger partial charge in [-0.05, 0) is 64.0 Å². The highest BCUT2D eigenvalue weighted by molar-refractivity contribution is 5.90. The Morgan fingerprint density at radius 2 is 2.00 bits per heavy atom. The summed E-state index contributed by atoms with van der Waals surface area (Å²) >= 11 is 0. The van der Waals surface area contributed by atoms with E-state index in [2.05, 4.69) is 6.07 Å². The van der Waals surface area contributed by atoms with Crippen molar-refractivity contribution < 1.29 is 28.8 Å². The van der Waals surface area contributed by atoms with Crippen LogP contribution < -0.4 is 0 Å². The Labute approximate surface area is 183 Å². The minimum absolute atomic E-state index is 0.106. The SMILES string of the molecule is CCOC(=O)[C@]12[C@H]([C@H]3COC(C)(C)O3)[C@@H]3CC[C@@]1(OCC)[C@@]21Cc2ccccc2[C@@]31O. The first-order chi connectivity index (χ1) is 14.8. The summed E-state index contributed by atoms with van der Waals surface area (Å²) in [5, 5.41) is 12.6. The molecule has 0 amide bonds. The summed E-state index contributed by atoms with van der Waals surface area (Å²) in [7, 11) is 0. The molecule has 6 heteroatoms. The van der Waals surface area contributed by atoms with Crippen LogP contribution in [0.15, 0.2) is 24.3 Å². The number of benzene rings is 1. The normalized spacial score (nSPS) is 47.7. The minimum Gasteiger partial charge on any atom is -0.465 e. The van der Waals surface area contributed by atoms with Crippen LogP contribution in [0.3, 0.4) is 0 Å². The fourth-order valence-electron chi connectivity index (χ4n) is 8.78. The molecule has 4 saturated carbocycles.